The van der Waals surface area contributed by atoms with Crippen LogP contribution in [0.1, 0.15) is 39.6 Å². The maximum absolute atomic E-state index is 13.4. The second kappa shape index (κ2) is 10.8. The Balaban J connectivity index is 1.24. The molecule has 0 radical (unpaired) electrons. The van der Waals surface area contributed by atoms with Crippen LogP contribution >= 0.6 is 11.6 Å². The monoisotopic (exact) mass is 548 g/mol. The average Bonchev–Trinajstić information content (AvgIpc) is 3.57. The minimum atomic E-state index is -0.716. The third-order valence-corrected chi connectivity index (χ3v) is 7.32. The lowest BCUT2D eigenvalue weighted by Crippen LogP contribution is -2.31. The topological polar surface area (TPSA) is 76.8 Å². The molecule has 2 heterocycles. The van der Waals surface area contributed by atoms with Gasteiger partial charge in [-0.05, 0) is 47.0 Å². The summed E-state index contributed by atoms with van der Waals surface area (Å²) in [5, 5.41) is 12.9. The van der Waals surface area contributed by atoms with E-state index in [1.165, 1.54) is 9.69 Å². The molecule has 7 nitrogen and oxygen atoms in total. The fraction of sp³-hybridized carbons (Fsp3) is 0.125. The van der Waals surface area contributed by atoms with Crippen molar-refractivity contribution in [1.29, 1.82) is 0 Å². The van der Waals surface area contributed by atoms with Crippen molar-refractivity contribution < 1.29 is 14.3 Å². The Morgan fingerprint density at radius 3 is 2.33 bits per heavy atom. The molecule has 8 heteroatoms. The van der Waals surface area contributed by atoms with Crippen LogP contribution in [-0.4, -0.2) is 39.0 Å². The Morgan fingerprint density at radius 1 is 0.900 bits per heavy atom. The first kappa shape index (κ1) is 25.5. The van der Waals surface area contributed by atoms with Crippen molar-refractivity contribution in [3.63, 3.8) is 0 Å². The number of carbonyl (C=O) groups is 2. The summed E-state index contributed by atoms with van der Waals surface area (Å²) in [4.78, 5) is 26.5. The van der Waals surface area contributed by atoms with Crippen LogP contribution in [0.25, 0.3) is 16.5 Å². The first-order valence-electron chi connectivity index (χ1n) is 12.9. The number of hydrogen-bond donors (Lipinski definition) is 0. The Kier molecular flexibility index (Phi) is 6.88. The number of hydrazone groups is 1. The van der Waals surface area contributed by atoms with Crippen LogP contribution in [0.3, 0.4) is 0 Å². The summed E-state index contributed by atoms with van der Waals surface area (Å²) in [5.74, 6) is -1.14. The van der Waals surface area contributed by atoms with Crippen LogP contribution in [0.15, 0.2) is 108 Å². The molecule has 1 aromatic heterocycles. The molecular formula is C32H25ClN4O3. The smallest absolute Gasteiger partial charge is 0.343 e. The van der Waals surface area contributed by atoms with E-state index < -0.39 is 18.5 Å². The number of amides is 1. The van der Waals surface area contributed by atoms with Gasteiger partial charge in [-0.3, -0.25) is 4.79 Å². The van der Waals surface area contributed by atoms with Gasteiger partial charge in [0.1, 0.15) is 10.7 Å². The highest BCUT2D eigenvalue weighted by Crippen LogP contribution is 2.33. The lowest BCUT2D eigenvalue weighted by atomic mass is 9.97. The van der Waals surface area contributed by atoms with Crippen molar-refractivity contribution in [3.05, 3.63) is 131 Å². The Morgan fingerprint density at radius 2 is 1.57 bits per heavy atom. The summed E-state index contributed by atoms with van der Waals surface area (Å²) in [7, 11) is 0. The zero-order valence-electron chi connectivity index (χ0n) is 21.7. The van der Waals surface area contributed by atoms with Gasteiger partial charge in [0.15, 0.2) is 6.61 Å². The van der Waals surface area contributed by atoms with E-state index in [1.54, 1.807) is 6.92 Å². The summed E-state index contributed by atoms with van der Waals surface area (Å²) in [6.07, 6.45) is 0.539. The van der Waals surface area contributed by atoms with E-state index in [4.69, 9.17) is 21.4 Å². The minimum Gasteiger partial charge on any atom is -0.452 e. The van der Waals surface area contributed by atoms with Gasteiger partial charge < -0.3 is 4.74 Å². The van der Waals surface area contributed by atoms with Crippen molar-refractivity contribution in [2.24, 2.45) is 5.10 Å². The van der Waals surface area contributed by atoms with Gasteiger partial charge in [-0.1, -0.05) is 96.5 Å². The third kappa shape index (κ3) is 4.87. The highest BCUT2D eigenvalue weighted by molar-refractivity contribution is 6.33. The largest absolute Gasteiger partial charge is 0.452 e. The molecule has 1 atom stereocenters. The molecule has 0 bridgehead atoms. The normalized spacial score (nSPS) is 14.8. The molecule has 0 N–H and O–H groups in total. The predicted molar refractivity (Wildman–Crippen MR) is 155 cm³/mol. The highest BCUT2D eigenvalue weighted by atomic mass is 35.5. The summed E-state index contributed by atoms with van der Waals surface area (Å²) in [6, 6.07) is 32.9. The zero-order valence-corrected chi connectivity index (χ0v) is 22.5. The van der Waals surface area contributed by atoms with E-state index >= 15 is 0 Å². The molecule has 1 aliphatic rings. The lowest BCUT2D eigenvalue weighted by molar-refractivity contribution is -0.136. The van der Waals surface area contributed by atoms with E-state index in [0.29, 0.717) is 17.8 Å². The maximum Gasteiger partial charge on any atom is 0.343 e. The number of rotatable bonds is 6. The van der Waals surface area contributed by atoms with Crippen molar-refractivity contribution in [2.45, 2.75) is 19.4 Å². The molecule has 1 aliphatic heterocycles. The number of hydrogen-bond acceptors (Lipinski definition) is 5. The van der Waals surface area contributed by atoms with E-state index in [1.807, 2.05) is 78.9 Å². The molecule has 198 valence electrons. The molecule has 6 rings (SSSR count). The third-order valence-electron chi connectivity index (χ3n) is 6.97. The number of aryl methyl sites for hydroxylation is 1. The Hall–Kier alpha value is -4.75. The molecule has 0 saturated heterocycles. The molecule has 1 unspecified atom stereocenters. The van der Waals surface area contributed by atoms with E-state index in [0.717, 1.165) is 27.6 Å². The number of para-hydroxylation sites is 1. The second-order valence-electron chi connectivity index (χ2n) is 9.55. The summed E-state index contributed by atoms with van der Waals surface area (Å²) >= 11 is 6.52. The van der Waals surface area contributed by atoms with Gasteiger partial charge in [0.05, 0.1) is 23.1 Å². The van der Waals surface area contributed by atoms with Gasteiger partial charge in [-0.15, -0.1) is 0 Å². The van der Waals surface area contributed by atoms with Gasteiger partial charge in [0.2, 0.25) is 0 Å². The SMILES string of the molecule is Cc1nn(-c2ccccc2)c(Cl)c1C(=O)OCC(=O)N1N=C(c2ccc3ccccc3c2)CC1c1ccccc1. The molecule has 0 aliphatic carbocycles. The van der Waals surface area contributed by atoms with E-state index in [2.05, 4.69) is 29.4 Å². The molecule has 0 saturated carbocycles. The van der Waals surface area contributed by atoms with E-state index in [-0.39, 0.29) is 16.8 Å². The Bertz CT molecular complexity index is 1750. The first-order valence-corrected chi connectivity index (χ1v) is 13.3. The minimum absolute atomic E-state index is 0.125. The van der Waals surface area contributed by atoms with Gasteiger partial charge in [-0.25, -0.2) is 14.5 Å². The second-order valence-corrected chi connectivity index (χ2v) is 9.91. The van der Waals surface area contributed by atoms with Crippen LogP contribution in [0.5, 0.6) is 0 Å². The molecule has 5 aromatic rings. The van der Waals surface area contributed by atoms with E-state index in [9.17, 15) is 9.59 Å². The number of nitrogens with zero attached hydrogens (tertiary/aromatic N) is 4. The number of benzene rings is 4. The highest BCUT2D eigenvalue weighted by Gasteiger charge is 2.34. The van der Waals surface area contributed by atoms with Gasteiger partial charge in [0, 0.05) is 6.42 Å². The lowest BCUT2D eigenvalue weighted by Gasteiger charge is -2.21. The first-order chi connectivity index (χ1) is 19.5. The number of aromatic nitrogens is 2. The molecule has 0 spiro atoms. The zero-order chi connectivity index (χ0) is 27.6. The maximum atomic E-state index is 13.4. The van der Waals surface area contributed by atoms with Crippen molar-refractivity contribution in [1.82, 2.24) is 14.8 Å². The number of fused-ring (bicyclic) bond motifs is 1. The summed E-state index contributed by atoms with van der Waals surface area (Å²) < 4.78 is 6.93. The quantitative estimate of drug-likeness (QED) is 0.226. The molecular weight excluding hydrogens is 524 g/mol. The number of halogens is 1. The fourth-order valence-electron chi connectivity index (χ4n) is 4.96. The van der Waals surface area contributed by atoms with Crippen LogP contribution in [0.4, 0.5) is 0 Å². The number of carbonyl (C=O) groups excluding carboxylic acids is 2. The van der Waals surface area contributed by atoms with Crippen LogP contribution in [0.2, 0.25) is 5.15 Å². The van der Waals surface area contributed by atoms with Crippen molar-refractivity contribution in [3.8, 4) is 5.69 Å². The van der Waals surface area contributed by atoms with Gasteiger partial charge in [0.25, 0.3) is 5.91 Å². The molecule has 0 fully saturated rings. The van der Waals surface area contributed by atoms with Crippen LogP contribution < -0.4 is 0 Å². The van der Waals surface area contributed by atoms with Gasteiger partial charge in [-0.2, -0.15) is 10.2 Å². The molecule has 40 heavy (non-hydrogen) atoms. The standard InChI is InChI=1S/C32H25ClN4O3/c1-21-30(31(33)36(34-21)26-14-6-3-7-15-26)32(39)40-20-29(38)37-28(23-11-4-2-5-12-23)19-27(35-37)25-17-16-22-10-8-9-13-24(22)18-25/h2-18,28H,19-20H2,1H3. The van der Waals surface area contributed by atoms with Gasteiger partial charge >= 0.3 is 5.97 Å². The summed E-state index contributed by atoms with van der Waals surface area (Å²) in [6.45, 7) is 1.19. The molecule has 4 aromatic carbocycles. The number of esters is 1. The van der Waals surface area contributed by atoms with Crippen molar-refractivity contribution >= 4 is 40.0 Å². The Labute approximate surface area is 236 Å². The average molecular weight is 549 g/mol. The van der Waals surface area contributed by atoms with Crippen LogP contribution in [-0.2, 0) is 9.53 Å². The van der Waals surface area contributed by atoms with Crippen LogP contribution in [0, 0.1) is 6.92 Å². The summed E-state index contributed by atoms with van der Waals surface area (Å²) in [5.41, 5.74) is 3.93. The van der Waals surface area contributed by atoms with Crippen molar-refractivity contribution in [2.75, 3.05) is 6.61 Å². The number of ether oxygens (including phenoxy) is 1. The fourth-order valence-corrected chi connectivity index (χ4v) is 5.30. The predicted octanol–water partition coefficient (Wildman–Crippen LogP) is 6.52. The molecule has 1 amide bonds.